The minimum absolute atomic E-state index is 0.110. The van der Waals surface area contributed by atoms with Gasteiger partial charge in [-0.25, -0.2) is 9.31 Å². The first kappa shape index (κ1) is 27.9. The van der Waals surface area contributed by atoms with Crippen molar-refractivity contribution in [2.75, 3.05) is 39.3 Å². The number of carbonyl (C=O) groups is 2. The molecule has 2 saturated heterocycles. The summed E-state index contributed by atoms with van der Waals surface area (Å²) in [5, 5.41) is 11.3. The second-order valence-corrected chi connectivity index (χ2v) is 10.9. The first-order valence-corrected chi connectivity index (χ1v) is 14.1. The smallest absolute Gasteiger partial charge is 0.331 e. The van der Waals surface area contributed by atoms with E-state index in [1.165, 1.54) is 10.5 Å². The standard InChI is InChI=1S/C30H40N6O4/c1-20-13-21(7-11-32-20)14-22-9-12-35-26(15-22)27(18-33-35)36-24(8-10-31-2)16-29(37)34(30(36)38)19-23-5-6-25(39-3)17-28(23)40-4/h5-6,9,12,15,17-18,20-21,24,31-32H,7-8,10-11,13-14,16,19H2,1-4H3/t20-,21+,24?/m0/s1. The highest BCUT2D eigenvalue weighted by molar-refractivity contribution is 6.08. The largest absolute Gasteiger partial charge is 0.497 e. The number of benzene rings is 1. The molecule has 0 saturated carbocycles. The summed E-state index contributed by atoms with van der Waals surface area (Å²) in [7, 11) is 5.03. The van der Waals surface area contributed by atoms with Crippen molar-refractivity contribution in [1.82, 2.24) is 25.1 Å². The van der Waals surface area contributed by atoms with Gasteiger partial charge in [0.25, 0.3) is 0 Å². The zero-order valence-corrected chi connectivity index (χ0v) is 23.9. The topological polar surface area (TPSA) is 100 Å². The van der Waals surface area contributed by atoms with Gasteiger partial charge in [0.05, 0.1) is 38.2 Å². The highest BCUT2D eigenvalue weighted by Gasteiger charge is 2.40. The molecule has 0 aliphatic carbocycles. The van der Waals surface area contributed by atoms with Gasteiger partial charge in [0.1, 0.15) is 11.5 Å². The number of rotatable bonds is 10. The van der Waals surface area contributed by atoms with E-state index in [1.54, 1.807) is 37.4 Å². The van der Waals surface area contributed by atoms with Gasteiger partial charge in [-0.15, -0.1) is 0 Å². The lowest BCUT2D eigenvalue weighted by Gasteiger charge is -2.40. The van der Waals surface area contributed by atoms with Gasteiger partial charge in [-0.1, -0.05) is 0 Å². The van der Waals surface area contributed by atoms with Gasteiger partial charge >= 0.3 is 6.03 Å². The maximum Gasteiger partial charge on any atom is 0.331 e. The average Bonchev–Trinajstić information content (AvgIpc) is 3.36. The van der Waals surface area contributed by atoms with Crippen molar-refractivity contribution in [3.63, 3.8) is 0 Å². The number of imide groups is 1. The van der Waals surface area contributed by atoms with Gasteiger partial charge < -0.3 is 20.1 Å². The number of hydrogen-bond acceptors (Lipinski definition) is 7. The fraction of sp³-hybridized carbons (Fsp3) is 0.500. The molecule has 2 aromatic heterocycles. The van der Waals surface area contributed by atoms with E-state index in [0.717, 1.165) is 42.6 Å². The molecule has 3 atom stereocenters. The third kappa shape index (κ3) is 5.78. The molecule has 1 aromatic carbocycles. The van der Waals surface area contributed by atoms with Crippen LogP contribution in [-0.4, -0.2) is 72.9 Å². The van der Waals surface area contributed by atoms with Crippen molar-refractivity contribution in [3.8, 4) is 11.5 Å². The first-order valence-electron chi connectivity index (χ1n) is 14.1. The van der Waals surface area contributed by atoms with Crippen LogP contribution in [-0.2, 0) is 17.8 Å². The molecule has 2 N–H and O–H groups in total. The van der Waals surface area contributed by atoms with Crippen LogP contribution in [0.1, 0.15) is 43.7 Å². The second-order valence-electron chi connectivity index (χ2n) is 10.9. The lowest BCUT2D eigenvalue weighted by molar-refractivity contribution is -0.130. The molecular formula is C30H40N6O4. The number of nitrogens with zero attached hydrogens (tertiary/aromatic N) is 4. The monoisotopic (exact) mass is 548 g/mol. The molecule has 2 aliphatic rings. The van der Waals surface area contributed by atoms with Crippen molar-refractivity contribution in [2.24, 2.45) is 5.92 Å². The van der Waals surface area contributed by atoms with Crippen LogP contribution in [0.2, 0.25) is 0 Å². The lowest BCUT2D eigenvalue weighted by Crippen LogP contribution is -2.57. The number of pyridine rings is 1. The third-order valence-electron chi connectivity index (χ3n) is 8.15. The van der Waals surface area contributed by atoms with Crippen molar-refractivity contribution in [3.05, 3.63) is 53.9 Å². The number of carbonyl (C=O) groups excluding carboxylic acids is 2. The summed E-state index contributed by atoms with van der Waals surface area (Å²) in [5.74, 6) is 1.64. The molecule has 1 unspecified atom stereocenters. The highest BCUT2D eigenvalue weighted by Crippen LogP contribution is 2.34. The molecule has 2 fully saturated rings. The van der Waals surface area contributed by atoms with Crippen molar-refractivity contribution in [1.29, 1.82) is 0 Å². The molecule has 10 nitrogen and oxygen atoms in total. The predicted molar refractivity (Wildman–Crippen MR) is 154 cm³/mol. The van der Waals surface area contributed by atoms with E-state index in [0.29, 0.717) is 36.4 Å². The van der Waals surface area contributed by atoms with Crippen LogP contribution in [0.5, 0.6) is 11.5 Å². The fourth-order valence-electron chi connectivity index (χ4n) is 6.02. The van der Waals surface area contributed by atoms with Crippen LogP contribution in [0.25, 0.3) is 5.52 Å². The summed E-state index contributed by atoms with van der Waals surface area (Å²) in [6.07, 6.45) is 7.91. The Morgan fingerprint density at radius 2 is 2.00 bits per heavy atom. The van der Waals surface area contributed by atoms with E-state index in [9.17, 15) is 9.59 Å². The Balaban J connectivity index is 1.46. The Labute approximate surface area is 235 Å². The molecule has 10 heteroatoms. The van der Waals surface area contributed by atoms with Gasteiger partial charge in [-0.2, -0.15) is 5.10 Å². The number of urea groups is 1. The number of aromatic nitrogens is 2. The van der Waals surface area contributed by atoms with Crippen LogP contribution in [0.15, 0.2) is 42.7 Å². The zero-order valence-electron chi connectivity index (χ0n) is 23.9. The average molecular weight is 549 g/mol. The lowest BCUT2D eigenvalue weighted by atomic mass is 9.88. The maximum absolute atomic E-state index is 14.1. The van der Waals surface area contributed by atoms with Crippen LogP contribution in [0.3, 0.4) is 0 Å². The van der Waals surface area contributed by atoms with Gasteiger partial charge in [0.2, 0.25) is 5.91 Å². The van der Waals surface area contributed by atoms with Crippen molar-refractivity contribution < 1.29 is 19.1 Å². The van der Waals surface area contributed by atoms with Crippen molar-refractivity contribution in [2.45, 2.75) is 57.7 Å². The Bertz CT molecular complexity index is 1360. The Morgan fingerprint density at radius 1 is 1.15 bits per heavy atom. The molecule has 3 amide bonds. The number of hydrogen-bond donors (Lipinski definition) is 2. The van der Waals surface area contributed by atoms with E-state index in [4.69, 9.17) is 9.47 Å². The molecule has 2 aliphatic heterocycles. The number of anilines is 1. The number of amides is 3. The summed E-state index contributed by atoms with van der Waals surface area (Å²) in [5.41, 5.74) is 3.57. The number of methoxy groups -OCH3 is 2. The molecular weight excluding hydrogens is 508 g/mol. The molecule has 5 rings (SSSR count). The zero-order chi connectivity index (χ0) is 28.2. The molecule has 4 heterocycles. The van der Waals surface area contributed by atoms with E-state index in [1.807, 2.05) is 23.8 Å². The molecule has 214 valence electrons. The summed E-state index contributed by atoms with van der Waals surface area (Å²) in [4.78, 5) is 30.6. The van der Waals surface area contributed by atoms with E-state index in [-0.39, 0.29) is 30.9 Å². The van der Waals surface area contributed by atoms with Crippen LogP contribution in [0, 0.1) is 5.92 Å². The minimum atomic E-state index is -0.345. The van der Waals surface area contributed by atoms with E-state index >= 15 is 0 Å². The summed E-state index contributed by atoms with van der Waals surface area (Å²) in [6.45, 7) is 4.08. The van der Waals surface area contributed by atoms with Crippen LogP contribution < -0.4 is 25.0 Å². The molecule has 0 bridgehead atoms. The Morgan fingerprint density at radius 3 is 2.75 bits per heavy atom. The molecule has 3 aromatic rings. The summed E-state index contributed by atoms with van der Waals surface area (Å²) in [6, 6.07) is 9.59. The van der Waals surface area contributed by atoms with E-state index in [2.05, 4.69) is 34.8 Å². The molecule has 0 radical (unpaired) electrons. The summed E-state index contributed by atoms with van der Waals surface area (Å²) >= 11 is 0. The Hall–Kier alpha value is -3.63. The van der Waals surface area contributed by atoms with Crippen LogP contribution in [0.4, 0.5) is 10.5 Å². The van der Waals surface area contributed by atoms with Gasteiger partial charge in [-0.3, -0.25) is 14.6 Å². The van der Waals surface area contributed by atoms with Gasteiger partial charge in [0, 0.05) is 36.3 Å². The number of piperidine rings is 1. The van der Waals surface area contributed by atoms with Crippen molar-refractivity contribution >= 4 is 23.1 Å². The van der Waals surface area contributed by atoms with Gasteiger partial charge in [0.15, 0.2) is 0 Å². The van der Waals surface area contributed by atoms with E-state index < -0.39 is 0 Å². The fourth-order valence-corrected chi connectivity index (χ4v) is 6.02. The Kier molecular flexibility index (Phi) is 8.56. The normalized spacial score (nSPS) is 21.8. The van der Waals surface area contributed by atoms with Crippen LogP contribution >= 0.6 is 0 Å². The minimum Gasteiger partial charge on any atom is -0.497 e. The second kappa shape index (κ2) is 12.3. The number of nitrogens with one attached hydrogen (secondary N) is 2. The molecule has 40 heavy (non-hydrogen) atoms. The predicted octanol–water partition coefficient (Wildman–Crippen LogP) is 3.62. The highest BCUT2D eigenvalue weighted by atomic mass is 16.5. The SMILES string of the molecule is CNCCC1CC(=O)N(Cc2ccc(OC)cc2OC)C(=O)N1c1cnn2ccc(C[C@@H]3CCN[C@@H](C)C3)cc12. The van der Waals surface area contributed by atoms with Gasteiger partial charge in [-0.05, 0) is 88.5 Å². The molecule has 0 spiro atoms. The third-order valence-corrected chi connectivity index (χ3v) is 8.15. The quantitative estimate of drug-likeness (QED) is 0.399. The summed E-state index contributed by atoms with van der Waals surface area (Å²) < 4.78 is 12.7. The number of fused-ring (bicyclic) bond motifs is 1. The number of ether oxygens (including phenoxy) is 2. The first-order chi connectivity index (χ1) is 19.4. The maximum atomic E-state index is 14.1.